The summed E-state index contributed by atoms with van der Waals surface area (Å²) in [5.74, 6) is 0.271. The molecule has 0 aliphatic carbocycles. The van der Waals surface area contributed by atoms with E-state index in [-0.39, 0.29) is 42.0 Å². The van der Waals surface area contributed by atoms with Gasteiger partial charge in [-0.3, -0.25) is 15.1 Å². The Morgan fingerprint density at radius 1 is 1.20 bits per heavy atom. The number of hydrogen-bond donors (Lipinski definition) is 2. The zero-order valence-corrected chi connectivity index (χ0v) is 16.3. The van der Waals surface area contributed by atoms with Crippen molar-refractivity contribution in [1.29, 1.82) is 0 Å². The van der Waals surface area contributed by atoms with E-state index in [0.29, 0.717) is 23.6 Å². The fourth-order valence-corrected chi connectivity index (χ4v) is 2.24. The lowest BCUT2D eigenvalue weighted by atomic mass is 10.1. The number of rotatable bonds is 5. The van der Waals surface area contributed by atoms with Gasteiger partial charge in [0.2, 0.25) is 0 Å². The predicted molar refractivity (Wildman–Crippen MR) is 107 cm³/mol. The molecule has 0 heterocycles. The monoisotopic (exact) mass is 458 g/mol. The highest BCUT2D eigenvalue weighted by Crippen LogP contribution is 2.17. The lowest BCUT2D eigenvalue weighted by Gasteiger charge is -2.12. The first-order valence-corrected chi connectivity index (χ1v) is 7.43. The SMILES string of the molecule is CN=C(NCc1ccc(F)c(C)c1)NCc1ccccc1[N+](=O)[O-].I. The summed E-state index contributed by atoms with van der Waals surface area (Å²) < 4.78 is 13.3. The molecule has 2 aromatic rings. The van der Waals surface area contributed by atoms with Crippen molar-refractivity contribution in [1.82, 2.24) is 10.6 Å². The Kier molecular flexibility index (Phi) is 8.26. The van der Waals surface area contributed by atoms with E-state index in [9.17, 15) is 14.5 Å². The highest BCUT2D eigenvalue weighted by atomic mass is 127. The maximum absolute atomic E-state index is 13.3. The molecule has 2 aromatic carbocycles. The molecular weight excluding hydrogens is 438 g/mol. The number of nitrogens with zero attached hydrogens (tertiary/aromatic N) is 2. The fourth-order valence-electron chi connectivity index (χ4n) is 2.24. The Balaban J connectivity index is 0.00000312. The number of aliphatic imine (C=N–C) groups is 1. The van der Waals surface area contributed by atoms with Crippen LogP contribution in [-0.2, 0) is 13.1 Å². The summed E-state index contributed by atoms with van der Waals surface area (Å²) >= 11 is 0. The van der Waals surface area contributed by atoms with Crippen LogP contribution in [-0.4, -0.2) is 17.9 Å². The van der Waals surface area contributed by atoms with E-state index in [1.165, 1.54) is 12.1 Å². The molecule has 0 unspecified atom stereocenters. The van der Waals surface area contributed by atoms with Crippen molar-refractivity contribution in [2.75, 3.05) is 7.05 Å². The van der Waals surface area contributed by atoms with Gasteiger partial charge in [-0.15, -0.1) is 24.0 Å². The maximum Gasteiger partial charge on any atom is 0.274 e. The van der Waals surface area contributed by atoms with Crippen LogP contribution in [0.25, 0.3) is 0 Å². The second-order valence-electron chi connectivity index (χ2n) is 5.25. The third-order valence-electron chi connectivity index (χ3n) is 3.54. The van der Waals surface area contributed by atoms with E-state index in [2.05, 4.69) is 15.6 Å². The number of para-hydroxylation sites is 1. The molecule has 2 N–H and O–H groups in total. The van der Waals surface area contributed by atoms with Crippen molar-refractivity contribution in [3.05, 3.63) is 75.1 Å². The zero-order chi connectivity index (χ0) is 17.5. The van der Waals surface area contributed by atoms with Crippen LogP contribution in [0.4, 0.5) is 10.1 Å². The number of hydrogen-bond acceptors (Lipinski definition) is 3. The summed E-state index contributed by atoms with van der Waals surface area (Å²) in [4.78, 5) is 14.7. The van der Waals surface area contributed by atoms with Gasteiger partial charge < -0.3 is 10.6 Å². The van der Waals surface area contributed by atoms with Gasteiger partial charge in [0.1, 0.15) is 5.82 Å². The van der Waals surface area contributed by atoms with Crippen LogP contribution in [0.15, 0.2) is 47.5 Å². The molecule has 0 atom stereocenters. The summed E-state index contributed by atoms with van der Waals surface area (Å²) in [5.41, 5.74) is 2.14. The van der Waals surface area contributed by atoms with Gasteiger partial charge >= 0.3 is 0 Å². The number of halogens is 2. The first-order valence-electron chi connectivity index (χ1n) is 7.43. The van der Waals surface area contributed by atoms with Crippen molar-refractivity contribution < 1.29 is 9.31 Å². The molecule has 0 aromatic heterocycles. The van der Waals surface area contributed by atoms with Gasteiger partial charge in [-0.25, -0.2) is 4.39 Å². The van der Waals surface area contributed by atoms with E-state index >= 15 is 0 Å². The number of nitro groups is 1. The molecule has 0 spiro atoms. The molecule has 25 heavy (non-hydrogen) atoms. The Morgan fingerprint density at radius 2 is 1.88 bits per heavy atom. The molecular formula is C17H20FIN4O2. The molecule has 0 fully saturated rings. The third kappa shape index (κ3) is 5.96. The van der Waals surface area contributed by atoms with E-state index in [1.54, 1.807) is 44.3 Å². The first-order chi connectivity index (χ1) is 11.5. The minimum Gasteiger partial charge on any atom is -0.352 e. The molecule has 0 aliphatic rings. The van der Waals surface area contributed by atoms with Gasteiger partial charge in [-0.05, 0) is 24.1 Å². The van der Waals surface area contributed by atoms with Gasteiger partial charge in [0, 0.05) is 31.8 Å². The minimum atomic E-state index is -0.408. The Bertz CT molecular complexity index is 768. The first kappa shape index (κ1) is 20.8. The van der Waals surface area contributed by atoms with Crippen LogP contribution in [0.2, 0.25) is 0 Å². The summed E-state index contributed by atoms with van der Waals surface area (Å²) in [6.07, 6.45) is 0. The lowest BCUT2D eigenvalue weighted by Crippen LogP contribution is -2.36. The minimum absolute atomic E-state index is 0. The van der Waals surface area contributed by atoms with Crippen LogP contribution < -0.4 is 10.6 Å². The molecule has 0 bridgehead atoms. The normalized spacial score (nSPS) is 10.8. The third-order valence-corrected chi connectivity index (χ3v) is 3.54. The molecule has 6 nitrogen and oxygen atoms in total. The van der Waals surface area contributed by atoms with Gasteiger partial charge in [0.15, 0.2) is 5.96 Å². The Morgan fingerprint density at radius 3 is 2.52 bits per heavy atom. The number of benzene rings is 2. The summed E-state index contributed by atoms with van der Waals surface area (Å²) in [6, 6.07) is 11.4. The van der Waals surface area contributed by atoms with E-state index in [0.717, 1.165) is 5.56 Å². The van der Waals surface area contributed by atoms with Crippen molar-refractivity contribution in [2.24, 2.45) is 4.99 Å². The van der Waals surface area contributed by atoms with Gasteiger partial charge in [0.05, 0.1) is 4.92 Å². The molecule has 0 aliphatic heterocycles. The highest BCUT2D eigenvalue weighted by Gasteiger charge is 2.12. The van der Waals surface area contributed by atoms with Gasteiger partial charge in [0.25, 0.3) is 5.69 Å². The van der Waals surface area contributed by atoms with Crippen molar-refractivity contribution in [3.63, 3.8) is 0 Å². The molecule has 0 saturated carbocycles. The smallest absolute Gasteiger partial charge is 0.274 e. The molecule has 0 saturated heterocycles. The number of aryl methyl sites for hydroxylation is 1. The van der Waals surface area contributed by atoms with Crippen LogP contribution >= 0.6 is 24.0 Å². The molecule has 2 rings (SSSR count). The molecule has 0 amide bonds. The van der Waals surface area contributed by atoms with Crippen LogP contribution in [0, 0.1) is 22.9 Å². The molecule has 0 radical (unpaired) electrons. The summed E-state index contributed by atoms with van der Waals surface area (Å²) in [6.45, 7) is 2.46. The van der Waals surface area contributed by atoms with Crippen LogP contribution in [0.5, 0.6) is 0 Å². The summed E-state index contributed by atoms with van der Waals surface area (Å²) in [7, 11) is 1.62. The van der Waals surface area contributed by atoms with Crippen molar-refractivity contribution in [2.45, 2.75) is 20.0 Å². The van der Waals surface area contributed by atoms with Crippen LogP contribution in [0.3, 0.4) is 0 Å². The van der Waals surface area contributed by atoms with Gasteiger partial charge in [-0.1, -0.05) is 30.3 Å². The van der Waals surface area contributed by atoms with Crippen molar-refractivity contribution >= 4 is 35.6 Å². The predicted octanol–water partition coefficient (Wildman–Crippen LogP) is 3.53. The Hall–Kier alpha value is -2.23. The van der Waals surface area contributed by atoms with E-state index in [1.807, 2.05) is 0 Å². The standard InChI is InChI=1S/C17H19FN4O2.HI/c1-12-9-13(7-8-15(12)18)10-20-17(19-2)21-11-14-5-3-4-6-16(14)22(23)24;/h3-9H,10-11H2,1-2H3,(H2,19,20,21);1H. The number of nitrogens with one attached hydrogen (secondary N) is 2. The number of nitro benzene ring substituents is 1. The van der Waals surface area contributed by atoms with E-state index in [4.69, 9.17) is 0 Å². The quantitative estimate of drug-likeness (QED) is 0.236. The second kappa shape index (κ2) is 9.92. The van der Waals surface area contributed by atoms with Crippen molar-refractivity contribution in [3.8, 4) is 0 Å². The lowest BCUT2D eigenvalue weighted by molar-refractivity contribution is -0.385. The topological polar surface area (TPSA) is 79.6 Å². The zero-order valence-electron chi connectivity index (χ0n) is 14.0. The second-order valence-corrected chi connectivity index (χ2v) is 5.25. The van der Waals surface area contributed by atoms with E-state index < -0.39 is 4.92 Å². The number of guanidine groups is 1. The maximum atomic E-state index is 13.3. The van der Waals surface area contributed by atoms with Gasteiger partial charge in [-0.2, -0.15) is 0 Å². The molecule has 134 valence electrons. The van der Waals surface area contributed by atoms with Crippen LogP contribution in [0.1, 0.15) is 16.7 Å². The fraction of sp³-hybridized carbons (Fsp3) is 0.235. The summed E-state index contributed by atoms with van der Waals surface area (Å²) in [5, 5.41) is 17.1. The average Bonchev–Trinajstić information content (AvgIpc) is 2.58. The largest absolute Gasteiger partial charge is 0.352 e. The average molecular weight is 458 g/mol. The highest BCUT2D eigenvalue weighted by molar-refractivity contribution is 14.0. The Labute approximate surface area is 162 Å². The molecule has 8 heteroatoms.